The number of hydrogen-bond acceptors (Lipinski definition) is 2. The maximum absolute atomic E-state index is 13.3. The van der Waals surface area contributed by atoms with Gasteiger partial charge >= 0.3 is 0 Å². The van der Waals surface area contributed by atoms with Gasteiger partial charge in [0.15, 0.2) is 0 Å². The third kappa shape index (κ3) is 4.55. The highest BCUT2D eigenvalue weighted by Crippen LogP contribution is 2.32. The molecule has 1 N–H and O–H groups in total. The zero-order chi connectivity index (χ0) is 15.2. The first-order chi connectivity index (χ1) is 10.1. The molecule has 0 aromatic heterocycles. The molecule has 0 aliphatic rings. The summed E-state index contributed by atoms with van der Waals surface area (Å²) in [7, 11) is 0. The minimum absolute atomic E-state index is 0.314. The van der Waals surface area contributed by atoms with Crippen LogP contribution in [0.3, 0.4) is 0 Å². The van der Waals surface area contributed by atoms with Crippen molar-refractivity contribution < 1.29 is 9.13 Å². The molecule has 0 aliphatic carbocycles. The van der Waals surface area contributed by atoms with Gasteiger partial charge in [-0.15, -0.1) is 0 Å². The highest BCUT2D eigenvalue weighted by atomic mass is 79.9. The molecule has 0 saturated carbocycles. The monoisotopic (exact) mass is 351 g/mol. The Kier molecular flexibility index (Phi) is 5.76. The van der Waals surface area contributed by atoms with Crippen molar-refractivity contribution in [2.75, 3.05) is 6.54 Å². The second kappa shape index (κ2) is 7.57. The molecule has 2 rings (SSSR count). The Bertz CT molecular complexity index is 616. The van der Waals surface area contributed by atoms with E-state index >= 15 is 0 Å². The summed E-state index contributed by atoms with van der Waals surface area (Å²) in [5.41, 5.74) is 2.24. The van der Waals surface area contributed by atoms with Gasteiger partial charge in [-0.25, -0.2) is 4.39 Å². The molecule has 0 heterocycles. The molecular weight excluding hydrogens is 333 g/mol. The molecule has 21 heavy (non-hydrogen) atoms. The minimum Gasteiger partial charge on any atom is -0.456 e. The third-order valence-electron chi connectivity index (χ3n) is 3.07. The van der Waals surface area contributed by atoms with Gasteiger partial charge in [-0.2, -0.15) is 0 Å². The molecule has 0 atom stereocenters. The lowest BCUT2D eigenvalue weighted by molar-refractivity contribution is 0.464. The highest BCUT2D eigenvalue weighted by molar-refractivity contribution is 9.10. The summed E-state index contributed by atoms with van der Waals surface area (Å²) >= 11 is 3.38. The van der Waals surface area contributed by atoms with Crippen molar-refractivity contribution in [3.05, 3.63) is 57.8 Å². The molecule has 2 aromatic rings. The Morgan fingerprint density at radius 3 is 2.71 bits per heavy atom. The Balaban J connectivity index is 2.24. The first-order valence-corrected chi connectivity index (χ1v) is 7.82. The summed E-state index contributed by atoms with van der Waals surface area (Å²) < 4.78 is 20.0. The average molecular weight is 352 g/mol. The van der Waals surface area contributed by atoms with Crippen molar-refractivity contribution in [3.63, 3.8) is 0 Å². The van der Waals surface area contributed by atoms with Crippen LogP contribution >= 0.6 is 15.9 Å². The molecule has 0 saturated heterocycles. The molecule has 0 aliphatic heterocycles. The first kappa shape index (κ1) is 16.0. The van der Waals surface area contributed by atoms with Crippen LogP contribution in [0.2, 0.25) is 0 Å². The molecule has 0 radical (unpaired) electrons. The van der Waals surface area contributed by atoms with Crippen LogP contribution < -0.4 is 10.1 Å². The summed E-state index contributed by atoms with van der Waals surface area (Å²) in [5, 5.41) is 3.36. The van der Waals surface area contributed by atoms with Gasteiger partial charge in [0.2, 0.25) is 0 Å². The van der Waals surface area contributed by atoms with Gasteiger partial charge in [0, 0.05) is 18.2 Å². The Labute approximate surface area is 133 Å². The molecule has 112 valence electrons. The molecule has 0 unspecified atom stereocenters. The van der Waals surface area contributed by atoms with Crippen LogP contribution in [-0.2, 0) is 6.54 Å². The van der Waals surface area contributed by atoms with E-state index in [0.717, 1.165) is 35.3 Å². The SMILES string of the molecule is CCCNCc1cc(C)ccc1Oc1cc(F)ccc1Br. The summed E-state index contributed by atoms with van der Waals surface area (Å²) in [6.45, 7) is 5.87. The Morgan fingerprint density at radius 1 is 1.14 bits per heavy atom. The molecule has 0 amide bonds. The van der Waals surface area contributed by atoms with Crippen molar-refractivity contribution in [2.24, 2.45) is 0 Å². The number of rotatable bonds is 6. The predicted octanol–water partition coefficient (Wildman–Crippen LogP) is 5.19. The molecular formula is C17H19BrFNO. The fourth-order valence-electron chi connectivity index (χ4n) is 2.02. The fourth-order valence-corrected chi connectivity index (χ4v) is 2.35. The third-order valence-corrected chi connectivity index (χ3v) is 3.73. The molecule has 2 nitrogen and oxygen atoms in total. The number of halogens is 2. The Morgan fingerprint density at radius 2 is 1.95 bits per heavy atom. The average Bonchev–Trinajstić information content (AvgIpc) is 2.46. The van der Waals surface area contributed by atoms with Crippen molar-refractivity contribution in [2.45, 2.75) is 26.8 Å². The van der Waals surface area contributed by atoms with Gasteiger partial charge in [-0.05, 0) is 54.0 Å². The van der Waals surface area contributed by atoms with Gasteiger partial charge in [-0.1, -0.05) is 24.6 Å². The highest BCUT2D eigenvalue weighted by Gasteiger charge is 2.09. The molecule has 0 spiro atoms. The van der Waals surface area contributed by atoms with E-state index < -0.39 is 0 Å². The topological polar surface area (TPSA) is 21.3 Å². The van der Waals surface area contributed by atoms with Crippen LogP contribution in [-0.4, -0.2) is 6.54 Å². The number of hydrogen-bond donors (Lipinski definition) is 1. The Hall–Kier alpha value is -1.39. The summed E-state index contributed by atoms with van der Waals surface area (Å²) in [5.74, 6) is 0.914. The van der Waals surface area contributed by atoms with Crippen LogP contribution in [0.5, 0.6) is 11.5 Å². The van der Waals surface area contributed by atoms with E-state index in [9.17, 15) is 4.39 Å². The van der Waals surface area contributed by atoms with Crippen LogP contribution in [0, 0.1) is 12.7 Å². The fraction of sp³-hybridized carbons (Fsp3) is 0.294. The first-order valence-electron chi connectivity index (χ1n) is 7.03. The zero-order valence-corrected chi connectivity index (χ0v) is 13.8. The van der Waals surface area contributed by atoms with E-state index in [2.05, 4.69) is 34.2 Å². The number of ether oxygens (including phenoxy) is 1. The summed E-state index contributed by atoms with van der Waals surface area (Å²) in [4.78, 5) is 0. The van der Waals surface area contributed by atoms with Crippen molar-refractivity contribution in [1.82, 2.24) is 5.32 Å². The standard InChI is InChI=1S/C17H19BrFNO/c1-3-8-20-11-13-9-12(2)4-7-16(13)21-17-10-14(19)5-6-15(17)18/h4-7,9-10,20H,3,8,11H2,1-2H3. The molecule has 0 bridgehead atoms. The number of benzene rings is 2. The van der Waals surface area contributed by atoms with Crippen LogP contribution in [0.4, 0.5) is 4.39 Å². The van der Waals surface area contributed by atoms with Crippen LogP contribution in [0.1, 0.15) is 24.5 Å². The number of aryl methyl sites for hydroxylation is 1. The van der Waals surface area contributed by atoms with E-state index in [0.29, 0.717) is 5.75 Å². The van der Waals surface area contributed by atoms with E-state index in [1.807, 2.05) is 19.1 Å². The normalized spacial score (nSPS) is 10.7. The minimum atomic E-state index is -0.314. The second-order valence-electron chi connectivity index (χ2n) is 4.96. The van der Waals surface area contributed by atoms with Crippen LogP contribution in [0.25, 0.3) is 0 Å². The van der Waals surface area contributed by atoms with Gasteiger partial charge in [0.05, 0.1) is 4.47 Å². The second-order valence-corrected chi connectivity index (χ2v) is 5.82. The number of nitrogens with one attached hydrogen (secondary N) is 1. The van der Waals surface area contributed by atoms with E-state index in [4.69, 9.17) is 4.74 Å². The van der Waals surface area contributed by atoms with Crippen LogP contribution in [0.15, 0.2) is 40.9 Å². The summed E-state index contributed by atoms with van der Waals surface area (Å²) in [6, 6.07) is 10.4. The van der Waals surface area contributed by atoms with Crippen molar-refractivity contribution >= 4 is 15.9 Å². The van der Waals surface area contributed by atoms with Crippen molar-refractivity contribution in [1.29, 1.82) is 0 Å². The quantitative estimate of drug-likeness (QED) is 0.723. The smallest absolute Gasteiger partial charge is 0.144 e. The van der Waals surface area contributed by atoms with Gasteiger partial charge < -0.3 is 10.1 Å². The van der Waals surface area contributed by atoms with E-state index in [1.54, 1.807) is 6.07 Å². The maximum atomic E-state index is 13.3. The van der Waals surface area contributed by atoms with Crippen molar-refractivity contribution in [3.8, 4) is 11.5 Å². The zero-order valence-electron chi connectivity index (χ0n) is 12.2. The van der Waals surface area contributed by atoms with Gasteiger partial charge in [0.1, 0.15) is 17.3 Å². The molecule has 0 fully saturated rings. The lowest BCUT2D eigenvalue weighted by atomic mass is 10.1. The summed E-state index contributed by atoms with van der Waals surface area (Å²) in [6.07, 6.45) is 1.08. The predicted molar refractivity (Wildman–Crippen MR) is 87.4 cm³/mol. The molecule has 4 heteroatoms. The van der Waals surface area contributed by atoms with Gasteiger partial charge in [-0.3, -0.25) is 0 Å². The largest absolute Gasteiger partial charge is 0.456 e. The van der Waals surface area contributed by atoms with E-state index in [-0.39, 0.29) is 5.82 Å². The lowest BCUT2D eigenvalue weighted by Gasteiger charge is -2.14. The lowest BCUT2D eigenvalue weighted by Crippen LogP contribution is -2.14. The molecule has 2 aromatic carbocycles. The van der Waals surface area contributed by atoms with Gasteiger partial charge in [0.25, 0.3) is 0 Å². The van der Waals surface area contributed by atoms with E-state index in [1.165, 1.54) is 17.7 Å². The maximum Gasteiger partial charge on any atom is 0.144 e.